The summed E-state index contributed by atoms with van der Waals surface area (Å²) < 4.78 is 1.08. The molecular formula is C10H5NOS2. The molecule has 0 saturated heterocycles. The van der Waals surface area contributed by atoms with Crippen molar-refractivity contribution in [2.75, 3.05) is 0 Å². The maximum absolute atomic E-state index is 10.6. The van der Waals surface area contributed by atoms with Gasteiger partial charge in [0.2, 0.25) is 0 Å². The van der Waals surface area contributed by atoms with Crippen LogP contribution >= 0.6 is 22.7 Å². The summed E-state index contributed by atoms with van der Waals surface area (Å²) in [6.45, 7) is 0. The lowest BCUT2D eigenvalue weighted by molar-refractivity contribution is 0.112. The van der Waals surface area contributed by atoms with Gasteiger partial charge in [-0.25, -0.2) is 0 Å². The van der Waals surface area contributed by atoms with E-state index in [-0.39, 0.29) is 0 Å². The fraction of sp³-hybridized carbons (Fsp3) is 0. The van der Waals surface area contributed by atoms with E-state index in [4.69, 9.17) is 0 Å². The van der Waals surface area contributed by atoms with Crippen molar-refractivity contribution in [1.29, 1.82) is 0 Å². The van der Waals surface area contributed by atoms with Crippen LogP contribution in [0.2, 0.25) is 0 Å². The van der Waals surface area contributed by atoms with E-state index >= 15 is 0 Å². The number of nitrogens with zero attached hydrogens (tertiary/aromatic N) is 1. The van der Waals surface area contributed by atoms with E-state index in [0.717, 1.165) is 32.2 Å². The van der Waals surface area contributed by atoms with Crippen LogP contribution in [0.1, 0.15) is 9.67 Å². The molecule has 0 aliphatic carbocycles. The zero-order valence-corrected chi connectivity index (χ0v) is 8.69. The van der Waals surface area contributed by atoms with Gasteiger partial charge in [0, 0.05) is 27.7 Å². The molecule has 0 amide bonds. The molecule has 0 spiro atoms. The highest BCUT2D eigenvalue weighted by atomic mass is 32.1. The first kappa shape index (κ1) is 8.08. The monoisotopic (exact) mass is 219 g/mol. The van der Waals surface area contributed by atoms with Crippen molar-refractivity contribution in [2.45, 2.75) is 0 Å². The number of aromatic nitrogens is 1. The second-order valence-electron chi connectivity index (χ2n) is 2.97. The van der Waals surface area contributed by atoms with Crippen LogP contribution in [0, 0.1) is 0 Å². The molecular weight excluding hydrogens is 214 g/mol. The van der Waals surface area contributed by atoms with Crippen LogP contribution in [-0.4, -0.2) is 11.3 Å². The molecule has 0 unspecified atom stereocenters. The number of rotatable bonds is 1. The lowest BCUT2D eigenvalue weighted by Gasteiger charge is -1.89. The molecule has 0 bridgehead atoms. The summed E-state index contributed by atoms with van der Waals surface area (Å²) in [7, 11) is 0. The van der Waals surface area contributed by atoms with Crippen LogP contribution in [-0.2, 0) is 0 Å². The topological polar surface area (TPSA) is 30.0 Å². The van der Waals surface area contributed by atoms with E-state index < -0.39 is 0 Å². The Balaban J connectivity index is 2.54. The Labute approximate surface area is 87.8 Å². The SMILES string of the molecule is O=Cc1cc2c(cnc3cscc32)s1. The molecule has 0 atom stereocenters. The van der Waals surface area contributed by atoms with Gasteiger partial charge in [0.1, 0.15) is 0 Å². The highest BCUT2D eigenvalue weighted by Crippen LogP contribution is 2.31. The molecule has 0 aromatic carbocycles. The molecule has 14 heavy (non-hydrogen) atoms. The number of hydrogen-bond acceptors (Lipinski definition) is 4. The van der Waals surface area contributed by atoms with Crippen LogP contribution < -0.4 is 0 Å². The third-order valence-corrected chi connectivity index (χ3v) is 3.87. The van der Waals surface area contributed by atoms with Crippen molar-refractivity contribution < 1.29 is 4.79 Å². The number of hydrogen-bond donors (Lipinski definition) is 0. The Kier molecular flexibility index (Phi) is 1.65. The molecule has 0 aliphatic rings. The molecule has 0 fully saturated rings. The van der Waals surface area contributed by atoms with Gasteiger partial charge in [0.05, 0.1) is 15.1 Å². The average Bonchev–Trinajstić information content (AvgIpc) is 2.82. The zero-order valence-electron chi connectivity index (χ0n) is 7.06. The van der Waals surface area contributed by atoms with E-state index in [1.165, 1.54) is 11.3 Å². The Morgan fingerprint density at radius 3 is 3.07 bits per heavy atom. The third kappa shape index (κ3) is 1.01. The number of carbonyl (C=O) groups is 1. The van der Waals surface area contributed by atoms with Crippen molar-refractivity contribution in [3.05, 3.63) is 27.9 Å². The van der Waals surface area contributed by atoms with Crippen molar-refractivity contribution in [3.63, 3.8) is 0 Å². The number of fused-ring (bicyclic) bond motifs is 3. The van der Waals surface area contributed by atoms with Gasteiger partial charge in [0.25, 0.3) is 0 Å². The predicted molar refractivity (Wildman–Crippen MR) is 60.4 cm³/mol. The summed E-state index contributed by atoms with van der Waals surface area (Å²) in [5, 5.41) is 6.39. The minimum atomic E-state index is 0.764. The van der Waals surface area contributed by atoms with Crippen molar-refractivity contribution in [2.24, 2.45) is 0 Å². The van der Waals surface area contributed by atoms with Crippen LogP contribution in [0.5, 0.6) is 0 Å². The molecule has 0 saturated carbocycles. The van der Waals surface area contributed by atoms with Gasteiger partial charge >= 0.3 is 0 Å². The second kappa shape index (κ2) is 2.87. The molecule has 3 heterocycles. The van der Waals surface area contributed by atoms with Gasteiger partial charge in [-0.1, -0.05) is 0 Å². The van der Waals surface area contributed by atoms with Crippen LogP contribution in [0.4, 0.5) is 0 Å². The van der Waals surface area contributed by atoms with E-state index in [1.807, 2.05) is 17.6 Å². The lowest BCUT2D eigenvalue weighted by Crippen LogP contribution is -1.71. The first-order valence-electron chi connectivity index (χ1n) is 4.08. The number of thiophene rings is 2. The van der Waals surface area contributed by atoms with Crippen molar-refractivity contribution >= 4 is 49.9 Å². The van der Waals surface area contributed by atoms with E-state index in [9.17, 15) is 4.79 Å². The highest BCUT2D eigenvalue weighted by molar-refractivity contribution is 7.20. The lowest BCUT2D eigenvalue weighted by atomic mass is 10.2. The van der Waals surface area contributed by atoms with Gasteiger partial charge in [0.15, 0.2) is 6.29 Å². The van der Waals surface area contributed by atoms with Gasteiger partial charge < -0.3 is 0 Å². The summed E-state index contributed by atoms with van der Waals surface area (Å²) in [5.74, 6) is 0. The Morgan fingerprint density at radius 2 is 2.21 bits per heavy atom. The minimum Gasteiger partial charge on any atom is -0.297 e. The Morgan fingerprint density at radius 1 is 1.29 bits per heavy atom. The van der Waals surface area contributed by atoms with Gasteiger partial charge in [-0.3, -0.25) is 9.78 Å². The van der Waals surface area contributed by atoms with Crippen LogP contribution in [0.25, 0.3) is 21.0 Å². The smallest absolute Gasteiger partial charge is 0.160 e. The fourth-order valence-corrected chi connectivity index (χ4v) is 3.14. The number of aldehydes is 1. The average molecular weight is 219 g/mol. The Hall–Kier alpha value is -1.26. The maximum Gasteiger partial charge on any atom is 0.160 e. The van der Waals surface area contributed by atoms with Gasteiger partial charge in [-0.05, 0) is 6.07 Å². The molecule has 2 nitrogen and oxygen atoms in total. The molecule has 3 rings (SSSR count). The number of pyridine rings is 1. The molecule has 0 radical (unpaired) electrons. The maximum atomic E-state index is 10.6. The molecule has 0 N–H and O–H groups in total. The molecule has 3 aromatic heterocycles. The second-order valence-corrected chi connectivity index (χ2v) is 4.83. The molecule has 4 heteroatoms. The summed E-state index contributed by atoms with van der Waals surface area (Å²) >= 11 is 3.13. The molecule has 3 aromatic rings. The summed E-state index contributed by atoms with van der Waals surface area (Å²) in [5.41, 5.74) is 1.01. The summed E-state index contributed by atoms with van der Waals surface area (Å²) in [6.07, 6.45) is 2.73. The van der Waals surface area contributed by atoms with Gasteiger partial charge in [-0.2, -0.15) is 0 Å². The Bertz CT molecular complexity index is 623. The largest absolute Gasteiger partial charge is 0.297 e. The molecule has 68 valence electrons. The van der Waals surface area contributed by atoms with Crippen LogP contribution in [0.15, 0.2) is 23.0 Å². The normalized spacial score (nSPS) is 11.1. The fourth-order valence-electron chi connectivity index (χ4n) is 1.51. The summed E-state index contributed by atoms with van der Waals surface area (Å²) in [6, 6.07) is 1.93. The van der Waals surface area contributed by atoms with E-state index in [2.05, 4.69) is 10.4 Å². The first-order chi connectivity index (χ1) is 6.88. The van der Waals surface area contributed by atoms with Gasteiger partial charge in [-0.15, -0.1) is 22.7 Å². The van der Waals surface area contributed by atoms with E-state index in [1.54, 1.807) is 11.3 Å². The first-order valence-corrected chi connectivity index (χ1v) is 5.84. The van der Waals surface area contributed by atoms with E-state index in [0.29, 0.717) is 0 Å². The number of carbonyl (C=O) groups excluding carboxylic acids is 1. The third-order valence-electron chi connectivity index (χ3n) is 2.15. The predicted octanol–water partition coefficient (Wildman–Crippen LogP) is 3.32. The van der Waals surface area contributed by atoms with Crippen molar-refractivity contribution in [1.82, 2.24) is 4.98 Å². The highest BCUT2D eigenvalue weighted by Gasteiger charge is 2.06. The quantitative estimate of drug-likeness (QED) is 0.588. The van der Waals surface area contributed by atoms with Crippen LogP contribution in [0.3, 0.4) is 0 Å². The minimum absolute atomic E-state index is 0.764. The zero-order chi connectivity index (χ0) is 9.54. The molecule has 0 aliphatic heterocycles. The van der Waals surface area contributed by atoms with Crippen molar-refractivity contribution in [3.8, 4) is 0 Å². The standard InChI is InChI=1S/C10H5NOS2/c12-3-6-1-7-8-4-13-5-9(8)11-2-10(7)14-6/h1-5H. The summed E-state index contributed by atoms with van der Waals surface area (Å²) in [4.78, 5) is 15.7.